The highest BCUT2D eigenvalue weighted by molar-refractivity contribution is 7.16. The van der Waals surface area contributed by atoms with Crippen molar-refractivity contribution in [3.05, 3.63) is 34.5 Å². The quantitative estimate of drug-likeness (QED) is 0.807. The predicted molar refractivity (Wildman–Crippen MR) is 82.9 cm³/mol. The number of thiophene rings is 1. The lowest BCUT2D eigenvalue weighted by Gasteiger charge is -2.06. The second-order valence-corrected chi connectivity index (χ2v) is 6.00. The topological polar surface area (TPSA) is 111 Å². The molecule has 0 radical (unpaired) electrons. The van der Waals surface area contributed by atoms with Crippen LogP contribution >= 0.6 is 11.3 Å². The van der Waals surface area contributed by atoms with Gasteiger partial charge in [0.25, 0.3) is 5.91 Å². The number of hydrogen-bond donors (Lipinski definition) is 2. The lowest BCUT2D eigenvalue weighted by molar-refractivity contribution is -0.140. The van der Waals surface area contributed by atoms with E-state index in [0.29, 0.717) is 5.00 Å². The summed E-state index contributed by atoms with van der Waals surface area (Å²) in [5.41, 5.74) is 0.321. The summed E-state index contributed by atoms with van der Waals surface area (Å²) in [4.78, 5) is 35.6. The van der Waals surface area contributed by atoms with Crippen molar-refractivity contribution in [2.45, 2.75) is 19.9 Å². The van der Waals surface area contributed by atoms with Crippen LogP contribution in [0.4, 0.5) is 5.00 Å². The molecule has 0 spiro atoms. The van der Waals surface area contributed by atoms with Gasteiger partial charge < -0.3 is 15.2 Å². The van der Waals surface area contributed by atoms with Crippen LogP contribution in [0.1, 0.15) is 38.7 Å². The normalized spacial score (nSPS) is 11.8. The van der Waals surface area contributed by atoms with Crippen LogP contribution in [0, 0.1) is 6.92 Å². The van der Waals surface area contributed by atoms with E-state index in [0.717, 1.165) is 4.88 Å². The zero-order valence-corrected chi connectivity index (χ0v) is 13.5. The zero-order valence-electron chi connectivity index (χ0n) is 12.7. The SMILES string of the molecule is COC(=O)c1cc(C)sc1NC(=O)c1ccn(C(C)C(=O)O)n1. The number of anilines is 1. The van der Waals surface area contributed by atoms with Crippen molar-refractivity contribution < 1.29 is 24.2 Å². The molecule has 2 heterocycles. The Hall–Kier alpha value is -2.68. The third kappa shape index (κ3) is 3.57. The fourth-order valence-corrected chi connectivity index (χ4v) is 2.72. The van der Waals surface area contributed by atoms with Crippen molar-refractivity contribution in [1.82, 2.24) is 9.78 Å². The number of nitrogens with zero attached hydrogens (tertiary/aromatic N) is 2. The van der Waals surface area contributed by atoms with Crippen LogP contribution in [0.3, 0.4) is 0 Å². The molecule has 122 valence electrons. The molecule has 1 unspecified atom stereocenters. The standard InChI is InChI=1S/C14H15N3O5S/c1-7-6-9(14(21)22-3)12(23-7)15-11(18)10-4-5-17(16-10)8(2)13(19)20/h4-6,8H,1-3H3,(H,15,18)(H,19,20). The van der Waals surface area contributed by atoms with E-state index in [1.807, 2.05) is 0 Å². The van der Waals surface area contributed by atoms with Crippen LogP contribution in [0.15, 0.2) is 18.3 Å². The molecule has 2 aromatic heterocycles. The first-order chi connectivity index (χ1) is 10.8. The third-order valence-corrected chi connectivity index (χ3v) is 4.05. The Labute approximate surface area is 135 Å². The number of nitrogens with one attached hydrogen (secondary N) is 1. The maximum absolute atomic E-state index is 12.2. The van der Waals surface area contributed by atoms with Crippen LogP contribution in [0.2, 0.25) is 0 Å². The molecule has 0 bridgehead atoms. The van der Waals surface area contributed by atoms with Gasteiger partial charge in [0.2, 0.25) is 0 Å². The summed E-state index contributed by atoms with van der Waals surface area (Å²) in [7, 11) is 1.26. The van der Waals surface area contributed by atoms with Gasteiger partial charge in [-0.25, -0.2) is 9.59 Å². The van der Waals surface area contributed by atoms with E-state index in [-0.39, 0.29) is 11.3 Å². The molecule has 1 atom stereocenters. The molecule has 2 aromatic rings. The highest BCUT2D eigenvalue weighted by Gasteiger charge is 2.20. The van der Waals surface area contributed by atoms with Gasteiger partial charge in [0, 0.05) is 11.1 Å². The van der Waals surface area contributed by atoms with Gasteiger partial charge in [0.05, 0.1) is 12.7 Å². The van der Waals surface area contributed by atoms with Crippen molar-refractivity contribution >= 4 is 34.2 Å². The molecule has 0 aliphatic carbocycles. The Morgan fingerprint density at radius 2 is 2.13 bits per heavy atom. The summed E-state index contributed by atoms with van der Waals surface area (Å²) < 4.78 is 5.85. The van der Waals surface area contributed by atoms with Crippen LogP contribution in [0.5, 0.6) is 0 Å². The highest BCUT2D eigenvalue weighted by atomic mass is 32.1. The molecule has 9 heteroatoms. The summed E-state index contributed by atoms with van der Waals surface area (Å²) in [5.74, 6) is -2.13. The van der Waals surface area contributed by atoms with Crippen molar-refractivity contribution in [3.8, 4) is 0 Å². The number of aryl methyl sites for hydroxylation is 1. The van der Waals surface area contributed by atoms with Gasteiger partial charge in [0.15, 0.2) is 5.69 Å². The third-order valence-electron chi connectivity index (χ3n) is 3.08. The molecular weight excluding hydrogens is 322 g/mol. The minimum absolute atomic E-state index is 0.0555. The molecule has 0 aromatic carbocycles. The summed E-state index contributed by atoms with van der Waals surface area (Å²) in [6.45, 7) is 3.25. The molecule has 0 saturated carbocycles. The first-order valence-corrected chi connectivity index (χ1v) is 7.43. The van der Waals surface area contributed by atoms with Crippen LogP contribution in [-0.4, -0.2) is 39.8 Å². The molecular formula is C14H15N3O5S. The molecule has 23 heavy (non-hydrogen) atoms. The lowest BCUT2D eigenvalue weighted by Crippen LogP contribution is -2.18. The van der Waals surface area contributed by atoms with Crippen molar-refractivity contribution in [2.75, 3.05) is 12.4 Å². The number of carboxylic acids is 1. The van der Waals surface area contributed by atoms with E-state index < -0.39 is 23.9 Å². The number of aromatic nitrogens is 2. The summed E-state index contributed by atoms with van der Waals surface area (Å²) in [5, 5.41) is 15.8. The van der Waals surface area contributed by atoms with Gasteiger partial charge in [-0.15, -0.1) is 11.3 Å². The van der Waals surface area contributed by atoms with Gasteiger partial charge in [-0.1, -0.05) is 0 Å². The Kier molecular flexibility index (Phi) is 4.80. The van der Waals surface area contributed by atoms with E-state index in [2.05, 4.69) is 15.2 Å². The van der Waals surface area contributed by atoms with Crippen molar-refractivity contribution in [3.63, 3.8) is 0 Å². The first kappa shape index (κ1) is 16.7. The second-order valence-electron chi connectivity index (χ2n) is 4.74. The molecule has 1 amide bonds. The minimum atomic E-state index is -1.05. The lowest BCUT2D eigenvalue weighted by atomic mass is 10.3. The van der Waals surface area contributed by atoms with Gasteiger partial charge in [-0.3, -0.25) is 9.48 Å². The molecule has 2 N–H and O–H groups in total. The maximum atomic E-state index is 12.2. The van der Waals surface area contributed by atoms with Crippen LogP contribution in [0.25, 0.3) is 0 Å². The number of carbonyl (C=O) groups is 3. The van der Waals surface area contributed by atoms with Gasteiger partial charge in [0.1, 0.15) is 11.0 Å². The summed E-state index contributed by atoms with van der Waals surface area (Å²) in [6.07, 6.45) is 1.41. The Balaban J connectivity index is 2.20. The number of hydrogen-bond acceptors (Lipinski definition) is 6. The van der Waals surface area contributed by atoms with E-state index in [1.54, 1.807) is 13.0 Å². The zero-order chi connectivity index (χ0) is 17.1. The fraction of sp³-hybridized carbons (Fsp3) is 0.286. The number of carbonyl (C=O) groups excluding carboxylic acids is 2. The van der Waals surface area contributed by atoms with E-state index in [1.165, 1.54) is 42.3 Å². The molecule has 0 aliphatic heterocycles. The number of ether oxygens (including phenoxy) is 1. The highest BCUT2D eigenvalue weighted by Crippen LogP contribution is 2.28. The fourth-order valence-electron chi connectivity index (χ4n) is 1.82. The van der Waals surface area contributed by atoms with E-state index in [4.69, 9.17) is 5.11 Å². The molecule has 2 rings (SSSR count). The van der Waals surface area contributed by atoms with Crippen molar-refractivity contribution in [1.29, 1.82) is 0 Å². The van der Waals surface area contributed by atoms with Crippen LogP contribution < -0.4 is 5.32 Å². The number of carboxylic acid groups (broad SMARTS) is 1. The smallest absolute Gasteiger partial charge is 0.340 e. The number of methoxy groups -OCH3 is 1. The van der Waals surface area contributed by atoms with Gasteiger partial charge in [-0.05, 0) is 26.0 Å². The minimum Gasteiger partial charge on any atom is -0.480 e. The Morgan fingerprint density at radius 1 is 1.43 bits per heavy atom. The number of aliphatic carboxylic acids is 1. The first-order valence-electron chi connectivity index (χ1n) is 6.61. The number of esters is 1. The van der Waals surface area contributed by atoms with Gasteiger partial charge in [-0.2, -0.15) is 5.10 Å². The Morgan fingerprint density at radius 3 is 2.74 bits per heavy atom. The van der Waals surface area contributed by atoms with E-state index in [9.17, 15) is 14.4 Å². The number of amides is 1. The Bertz CT molecular complexity index is 764. The summed E-state index contributed by atoms with van der Waals surface area (Å²) >= 11 is 1.24. The second kappa shape index (κ2) is 6.61. The van der Waals surface area contributed by atoms with Crippen LogP contribution in [-0.2, 0) is 9.53 Å². The average Bonchev–Trinajstić information content (AvgIpc) is 3.12. The summed E-state index contributed by atoms with van der Waals surface area (Å²) in [6, 6.07) is 2.15. The van der Waals surface area contributed by atoms with E-state index >= 15 is 0 Å². The molecule has 0 fully saturated rings. The predicted octanol–water partition coefficient (Wildman–Crippen LogP) is 1.94. The molecule has 0 saturated heterocycles. The monoisotopic (exact) mass is 337 g/mol. The average molecular weight is 337 g/mol. The van der Waals surface area contributed by atoms with Gasteiger partial charge >= 0.3 is 11.9 Å². The molecule has 8 nitrogen and oxygen atoms in total. The van der Waals surface area contributed by atoms with Crippen molar-refractivity contribution in [2.24, 2.45) is 0 Å². The number of rotatable bonds is 5. The maximum Gasteiger partial charge on any atom is 0.340 e. The molecule has 0 aliphatic rings. The largest absolute Gasteiger partial charge is 0.480 e.